The van der Waals surface area contributed by atoms with Crippen LogP contribution >= 0.6 is 0 Å². The first-order chi connectivity index (χ1) is 16.4. The minimum Gasteiger partial charge on any atom is -0.383 e. The van der Waals surface area contributed by atoms with Crippen molar-refractivity contribution in [2.45, 2.75) is 31.7 Å². The van der Waals surface area contributed by atoms with Gasteiger partial charge in [0.15, 0.2) is 0 Å². The highest BCUT2D eigenvalue weighted by Gasteiger charge is 2.54. The molecule has 1 fully saturated rings. The van der Waals surface area contributed by atoms with E-state index in [4.69, 9.17) is 4.74 Å². The van der Waals surface area contributed by atoms with Gasteiger partial charge < -0.3 is 9.64 Å². The molecule has 1 aromatic heterocycles. The highest BCUT2D eigenvalue weighted by molar-refractivity contribution is 6.11. The highest BCUT2D eigenvalue weighted by atomic mass is 16.5. The van der Waals surface area contributed by atoms with Gasteiger partial charge in [-0.1, -0.05) is 30.3 Å². The monoisotopic (exact) mass is 460 g/mol. The number of amides is 3. The molecule has 0 spiro atoms. The Balaban J connectivity index is 1.61. The smallest absolute Gasteiger partial charge is 0.240 e. The molecule has 8 heteroatoms. The number of ether oxygens (including phenoxy) is 1. The largest absolute Gasteiger partial charge is 0.383 e. The van der Waals surface area contributed by atoms with E-state index in [1.54, 1.807) is 24.3 Å². The van der Waals surface area contributed by atoms with Gasteiger partial charge in [-0.3, -0.25) is 29.3 Å². The van der Waals surface area contributed by atoms with Crippen LogP contribution in [0, 0.1) is 6.92 Å². The predicted molar refractivity (Wildman–Crippen MR) is 127 cm³/mol. The summed E-state index contributed by atoms with van der Waals surface area (Å²) in [6.45, 7) is 2.67. The Bertz CT molecular complexity index is 1240. The van der Waals surface area contributed by atoms with Crippen molar-refractivity contribution in [1.29, 1.82) is 0 Å². The summed E-state index contributed by atoms with van der Waals surface area (Å²) in [4.78, 5) is 51.3. The molecule has 0 bridgehead atoms. The molecule has 3 amide bonds. The second kappa shape index (κ2) is 9.69. The number of rotatable bonds is 8. The van der Waals surface area contributed by atoms with Gasteiger partial charge in [-0.05, 0) is 35.7 Å². The Morgan fingerprint density at radius 2 is 1.85 bits per heavy atom. The van der Waals surface area contributed by atoms with Crippen molar-refractivity contribution in [3.63, 3.8) is 0 Å². The first-order valence-electron chi connectivity index (χ1n) is 11.2. The minimum absolute atomic E-state index is 0.0362. The van der Waals surface area contributed by atoms with Crippen LogP contribution in [-0.4, -0.2) is 64.8 Å². The van der Waals surface area contributed by atoms with Crippen LogP contribution in [0.15, 0.2) is 54.9 Å². The van der Waals surface area contributed by atoms with E-state index in [9.17, 15) is 14.4 Å². The summed E-state index contributed by atoms with van der Waals surface area (Å²) in [7, 11) is 3.23. The van der Waals surface area contributed by atoms with E-state index in [1.807, 2.05) is 49.4 Å². The summed E-state index contributed by atoms with van der Waals surface area (Å²) < 4.78 is 5.08. The number of fused-ring (bicyclic) bond motifs is 1. The van der Waals surface area contributed by atoms with Crippen LogP contribution in [0.2, 0.25) is 0 Å². The van der Waals surface area contributed by atoms with E-state index in [2.05, 4.69) is 9.97 Å². The maximum Gasteiger partial charge on any atom is 0.240 e. The number of hydrogen-bond donors (Lipinski definition) is 0. The fourth-order valence-electron chi connectivity index (χ4n) is 4.63. The van der Waals surface area contributed by atoms with Crippen LogP contribution in [0.1, 0.15) is 29.5 Å². The SMILES string of the molecule is COCCN1C(=O)CC(CC(=O)N(C)Cc2ccc3nccnc3c2)(c2ccccc2C)C1=O. The van der Waals surface area contributed by atoms with Crippen LogP contribution in [-0.2, 0) is 31.1 Å². The van der Waals surface area contributed by atoms with Crippen LogP contribution in [0.25, 0.3) is 11.0 Å². The number of benzene rings is 2. The van der Waals surface area contributed by atoms with Gasteiger partial charge in [0.25, 0.3) is 0 Å². The average Bonchev–Trinajstić information content (AvgIpc) is 3.07. The molecule has 1 saturated heterocycles. The van der Waals surface area contributed by atoms with Crippen molar-refractivity contribution in [2.24, 2.45) is 0 Å². The standard InChI is InChI=1S/C26H28N4O4/c1-18-6-4-5-7-20(18)26(16-24(32)30(25(26)33)12-13-34-3)15-23(31)29(2)17-19-8-9-21-22(14-19)28-11-10-27-21/h4-11,14H,12-13,15-17H2,1-3H3. The lowest BCUT2D eigenvalue weighted by Crippen LogP contribution is -2.43. The zero-order chi connectivity index (χ0) is 24.3. The third kappa shape index (κ3) is 4.41. The molecular weight excluding hydrogens is 432 g/mol. The van der Waals surface area contributed by atoms with E-state index in [0.29, 0.717) is 6.54 Å². The molecule has 1 aliphatic heterocycles. The van der Waals surface area contributed by atoms with Gasteiger partial charge in [0.1, 0.15) is 0 Å². The Labute approximate surface area is 198 Å². The summed E-state index contributed by atoms with van der Waals surface area (Å²) in [6.07, 6.45) is 3.14. The van der Waals surface area contributed by atoms with Crippen molar-refractivity contribution in [3.8, 4) is 0 Å². The van der Waals surface area contributed by atoms with Gasteiger partial charge >= 0.3 is 0 Å². The summed E-state index contributed by atoms with van der Waals surface area (Å²) in [5.74, 6) is -0.835. The topological polar surface area (TPSA) is 92.7 Å². The van der Waals surface area contributed by atoms with Gasteiger partial charge in [0, 0.05) is 45.9 Å². The first-order valence-corrected chi connectivity index (χ1v) is 11.2. The van der Waals surface area contributed by atoms with Gasteiger partial charge in [0.2, 0.25) is 17.7 Å². The molecular formula is C26H28N4O4. The number of imide groups is 1. The molecule has 0 N–H and O–H groups in total. The van der Waals surface area contributed by atoms with Gasteiger partial charge in [-0.25, -0.2) is 0 Å². The maximum absolute atomic E-state index is 13.6. The number of aryl methyl sites for hydroxylation is 1. The zero-order valence-electron chi connectivity index (χ0n) is 19.7. The molecule has 3 aromatic rings. The van der Waals surface area contributed by atoms with E-state index >= 15 is 0 Å². The maximum atomic E-state index is 13.6. The van der Waals surface area contributed by atoms with Gasteiger partial charge in [-0.2, -0.15) is 0 Å². The number of likely N-dealkylation sites (tertiary alicyclic amines) is 1. The molecule has 8 nitrogen and oxygen atoms in total. The van der Waals surface area contributed by atoms with E-state index in [1.165, 1.54) is 12.0 Å². The van der Waals surface area contributed by atoms with Crippen molar-refractivity contribution >= 4 is 28.8 Å². The highest BCUT2D eigenvalue weighted by Crippen LogP contribution is 2.41. The van der Waals surface area contributed by atoms with Crippen LogP contribution < -0.4 is 0 Å². The van der Waals surface area contributed by atoms with Crippen molar-refractivity contribution in [1.82, 2.24) is 19.8 Å². The normalized spacial score (nSPS) is 18.0. The van der Waals surface area contributed by atoms with Crippen LogP contribution in [0.3, 0.4) is 0 Å². The summed E-state index contributed by atoms with van der Waals surface area (Å²) >= 11 is 0. The predicted octanol–water partition coefficient (Wildman–Crippen LogP) is 2.63. The number of carbonyl (C=O) groups excluding carboxylic acids is 3. The Morgan fingerprint density at radius 3 is 2.59 bits per heavy atom. The molecule has 1 aliphatic rings. The zero-order valence-corrected chi connectivity index (χ0v) is 19.7. The molecule has 34 heavy (non-hydrogen) atoms. The molecule has 0 saturated carbocycles. The molecule has 4 rings (SSSR count). The Kier molecular flexibility index (Phi) is 6.70. The van der Waals surface area contributed by atoms with E-state index in [-0.39, 0.29) is 43.7 Å². The third-order valence-corrected chi connectivity index (χ3v) is 6.42. The second-order valence-electron chi connectivity index (χ2n) is 8.72. The van der Waals surface area contributed by atoms with Crippen LogP contribution in [0.5, 0.6) is 0 Å². The Hall–Kier alpha value is -3.65. The van der Waals surface area contributed by atoms with Crippen molar-refractivity contribution < 1.29 is 19.1 Å². The van der Waals surface area contributed by atoms with Gasteiger partial charge in [0.05, 0.1) is 29.6 Å². The van der Waals surface area contributed by atoms with Gasteiger partial charge in [-0.15, -0.1) is 0 Å². The number of carbonyl (C=O) groups is 3. The average molecular weight is 461 g/mol. The molecule has 2 heterocycles. The molecule has 176 valence electrons. The quantitative estimate of drug-likeness (QED) is 0.480. The van der Waals surface area contributed by atoms with Crippen molar-refractivity contribution in [3.05, 3.63) is 71.5 Å². The molecule has 0 radical (unpaired) electrons. The van der Waals surface area contributed by atoms with E-state index in [0.717, 1.165) is 27.7 Å². The number of aromatic nitrogens is 2. The number of methoxy groups -OCH3 is 1. The minimum atomic E-state index is -1.23. The molecule has 2 aromatic carbocycles. The van der Waals surface area contributed by atoms with E-state index < -0.39 is 5.41 Å². The number of hydrogen-bond acceptors (Lipinski definition) is 6. The lowest BCUT2D eigenvalue weighted by Gasteiger charge is -2.30. The summed E-state index contributed by atoms with van der Waals surface area (Å²) in [5.41, 5.74) is 2.81. The summed E-state index contributed by atoms with van der Waals surface area (Å²) in [6, 6.07) is 13.1. The third-order valence-electron chi connectivity index (χ3n) is 6.42. The van der Waals surface area contributed by atoms with Crippen LogP contribution in [0.4, 0.5) is 0 Å². The number of nitrogens with zero attached hydrogens (tertiary/aromatic N) is 4. The fourth-order valence-corrected chi connectivity index (χ4v) is 4.63. The molecule has 1 unspecified atom stereocenters. The van der Waals surface area contributed by atoms with Crippen molar-refractivity contribution in [2.75, 3.05) is 27.3 Å². The lowest BCUT2D eigenvalue weighted by molar-refractivity contribution is -0.143. The lowest BCUT2D eigenvalue weighted by atomic mass is 9.74. The first kappa shape index (κ1) is 23.5. The summed E-state index contributed by atoms with van der Waals surface area (Å²) in [5, 5.41) is 0. The fraction of sp³-hybridized carbons (Fsp3) is 0.346. The second-order valence-corrected chi connectivity index (χ2v) is 8.72. The molecule has 1 atom stereocenters. The Morgan fingerprint density at radius 1 is 1.12 bits per heavy atom. The molecule has 0 aliphatic carbocycles.